The number of amides is 1. The van der Waals surface area contributed by atoms with Gasteiger partial charge in [0.1, 0.15) is 11.8 Å². The van der Waals surface area contributed by atoms with Gasteiger partial charge in [-0.15, -0.1) is 0 Å². The van der Waals surface area contributed by atoms with Gasteiger partial charge in [0.15, 0.2) is 0 Å². The van der Waals surface area contributed by atoms with Crippen LogP contribution in [0.3, 0.4) is 0 Å². The Morgan fingerprint density at radius 3 is 2.61 bits per heavy atom. The molecule has 0 radical (unpaired) electrons. The fraction of sp³-hybridized carbons (Fsp3) is 0.250. The lowest BCUT2D eigenvalue weighted by molar-refractivity contribution is -0.134. The van der Waals surface area contributed by atoms with Crippen LogP contribution in [-0.2, 0) is 4.79 Å². The maximum absolute atomic E-state index is 13.5. The number of carbonyl (C=O) groups excluding carboxylic acids is 1. The third-order valence-electron chi connectivity index (χ3n) is 6.92. The summed E-state index contributed by atoms with van der Waals surface area (Å²) in [7, 11) is 0. The second-order valence-electron chi connectivity index (χ2n) is 9.26. The van der Waals surface area contributed by atoms with E-state index in [9.17, 15) is 9.59 Å². The van der Waals surface area contributed by atoms with E-state index < -0.39 is 6.04 Å². The number of H-pyrrole nitrogens is 1. The molecule has 0 saturated carbocycles. The number of halogens is 1. The van der Waals surface area contributed by atoms with E-state index in [0.29, 0.717) is 40.5 Å². The van der Waals surface area contributed by atoms with Crippen molar-refractivity contribution in [1.82, 2.24) is 14.9 Å². The van der Waals surface area contributed by atoms with Gasteiger partial charge in [-0.05, 0) is 61.8 Å². The van der Waals surface area contributed by atoms with E-state index >= 15 is 0 Å². The first kappa shape index (κ1) is 22.8. The summed E-state index contributed by atoms with van der Waals surface area (Å²) in [5, 5.41) is 7.67. The Labute approximate surface area is 213 Å². The number of pyridine rings is 1. The first-order chi connectivity index (χ1) is 17.6. The third kappa shape index (κ3) is 4.14. The first-order valence-electron chi connectivity index (χ1n) is 12.1. The molecule has 0 aliphatic carbocycles. The third-order valence-corrected chi connectivity index (χ3v) is 7.16. The summed E-state index contributed by atoms with van der Waals surface area (Å²) >= 11 is 6.37. The minimum atomic E-state index is -0.414. The number of aromatic amines is 1. The minimum absolute atomic E-state index is 0.102. The van der Waals surface area contributed by atoms with Gasteiger partial charge in [-0.1, -0.05) is 41.9 Å². The van der Waals surface area contributed by atoms with E-state index in [0.717, 1.165) is 42.4 Å². The van der Waals surface area contributed by atoms with E-state index in [1.54, 1.807) is 18.4 Å². The van der Waals surface area contributed by atoms with Crippen molar-refractivity contribution in [3.8, 4) is 11.1 Å². The molecule has 2 aromatic heterocycles. The molecule has 1 unspecified atom stereocenters. The van der Waals surface area contributed by atoms with Crippen LogP contribution < -0.4 is 5.56 Å². The molecule has 1 fully saturated rings. The zero-order chi connectivity index (χ0) is 24.6. The highest BCUT2D eigenvalue weighted by Gasteiger charge is 2.37. The number of carbonyl (C=O) groups is 1. The van der Waals surface area contributed by atoms with Crippen LogP contribution in [0.2, 0.25) is 5.02 Å². The van der Waals surface area contributed by atoms with Crippen LogP contribution in [0.25, 0.3) is 22.0 Å². The molecule has 182 valence electrons. The summed E-state index contributed by atoms with van der Waals surface area (Å²) < 4.78 is 5.70. The van der Waals surface area contributed by atoms with Crippen molar-refractivity contribution in [3.05, 3.63) is 93.6 Å². The number of hydrazone groups is 1. The maximum atomic E-state index is 13.5. The predicted molar refractivity (Wildman–Crippen MR) is 140 cm³/mol. The number of aromatic nitrogens is 1. The van der Waals surface area contributed by atoms with E-state index in [-0.39, 0.29) is 11.5 Å². The molecular weight excluding hydrogens is 476 g/mol. The lowest BCUT2D eigenvalue weighted by atomic mass is 9.92. The topological polar surface area (TPSA) is 81.9 Å². The molecule has 2 aliphatic heterocycles. The zero-order valence-electron chi connectivity index (χ0n) is 19.6. The van der Waals surface area contributed by atoms with Gasteiger partial charge in [0.25, 0.3) is 11.5 Å². The summed E-state index contributed by atoms with van der Waals surface area (Å²) in [4.78, 5) is 32.1. The molecule has 1 amide bonds. The average molecular weight is 501 g/mol. The van der Waals surface area contributed by atoms with Gasteiger partial charge in [0.05, 0.1) is 24.1 Å². The van der Waals surface area contributed by atoms with Crippen LogP contribution in [0.5, 0.6) is 0 Å². The number of hydrogen-bond donors (Lipinski definition) is 1. The number of nitrogens with zero attached hydrogens (tertiary/aromatic N) is 3. The minimum Gasteiger partial charge on any atom is -0.467 e. The molecule has 8 heteroatoms. The van der Waals surface area contributed by atoms with Crippen molar-refractivity contribution in [1.29, 1.82) is 0 Å². The van der Waals surface area contributed by atoms with Gasteiger partial charge in [0.2, 0.25) is 0 Å². The monoisotopic (exact) mass is 500 g/mol. The number of nitrogens with one attached hydrogen (secondary N) is 1. The highest BCUT2D eigenvalue weighted by Crippen LogP contribution is 2.37. The molecule has 2 aliphatic rings. The first-order valence-corrected chi connectivity index (χ1v) is 12.5. The molecule has 4 aromatic rings. The summed E-state index contributed by atoms with van der Waals surface area (Å²) in [5.41, 5.74) is 3.06. The highest BCUT2D eigenvalue weighted by atomic mass is 35.5. The summed E-state index contributed by atoms with van der Waals surface area (Å²) in [6.07, 6.45) is 4.16. The fourth-order valence-electron chi connectivity index (χ4n) is 5.24. The SMILES string of the molecule is O=C(CN1CCCC1)N1N=C(c2c(-c3ccccc3)c3cc(Cl)ccc3[nH]c2=O)CC1c1ccco1. The van der Waals surface area contributed by atoms with Crippen molar-refractivity contribution >= 4 is 34.1 Å². The summed E-state index contributed by atoms with van der Waals surface area (Å²) in [5.74, 6) is 0.542. The molecule has 36 heavy (non-hydrogen) atoms. The van der Waals surface area contributed by atoms with Crippen molar-refractivity contribution in [3.63, 3.8) is 0 Å². The normalized spacial score (nSPS) is 18.2. The Kier molecular flexibility index (Phi) is 5.95. The van der Waals surface area contributed by atoms with Gasteiger partial charge in [-0.3, -0.25) is 14.5 Å². The van der Waals surface area contributed by atoms with Crippen LogP contribution in [0, 0.1) is 0 Å². The Hall–Kier alpha value is -3.68. The molecule has 2 aromatic carbocycles. The number of likely N-dealkylation sites (tertiary alicyclic amines) is 1. The largest absolute Gasteiger partial charge is 0.467 e. The van der Waals surface area contributed by atoms with Crippen molar-refractivity contribution in [2.24, 2.45) is 5.10 Å². The second-order valence-corrected chi connectivity index (χ2v) is 9.70. The lowest BCUT2D eigenvalue weighted by Gasteiger charge is -2.22. The van der Waals surface area contributed by atoms with Crippen LogP contribution >= 0.6 is 11.6 Å². The van der Waals surface area contributed by atoms with Gasteiger partial charge >= 0.3 is 0 Å². The average Bonchev–Trinajstić information content (AvgIpc) is 3.66. The Balaban J connectivity index is 1.51. The molecule has 0 spiro atoms. The standard InChI is InChI=1S/C28H25ClN4O3/c29-19-10-11-21-20(15-19)26(18-7-2-1-3-8-18)27(28(35)30-21)22-16-23(24-9-6-14-36-24)33(31-22)25(34)17-32-12-4-5-13-32/h1-3,6-11,14-15,23H,4-5,12-13,16-17H2,(H,30,35). The molecule has 1 N–H and O–H groups in total. The van der Waals surface area contributed by atoms with Gasteiger partial charge in [-0.2, -0.15) is 5.10 Å². The van der Waals surface area contributed by atoms with E-state index in [2.05, 4.69) is 9.88 Å². The van der Waals surface area contributed by atoms with Gasteiger partial charge < -0.3 is 9.40 Å². The van der Waals surface area contributed by atoms with Crippen LogP contribution in [-0.4, -0.2) is 46.1 Å². The molecular formula is C28H25ClN4O3. The van der Waals surface area contributed by atoms with Crippen molar-refractivity contribution in [2.75, 3.05) is 19.6 Å². The summed E-state index contributed by atoms with van der Waals surface area (Å²) in [6, 6.07) is 18.4. The molecule has 4 heterocycles. The van der Waals surface area contributed by atoms with E-state index in [1.165, 1.54) is 5.01 Å². The number of furan rings is 1. The van der Waals surface area contributed by atoms with Crippen molar-refractivity contribution in [2.45, 2.75) is 25.3 Å². The van der Waals surface area contributed by atoms with Crippen LogP contribution in [0.15, 0.2) is 81.2 Å². The van der Waals surface area contributed by atoms with Crippen molar-refractivity contribution < 1.29 is 9.21 Å². The summed E-state index contributed by atoms with van der Waals surface area (Å²) in [6.45, 7) is 2.11. The fourth-order valence-corrected chi connectivity index (χ4v) is 5.42. The molecule has 7 nitrogen and oxygen atoms in total. The molecule has 1 saturated heterocycles. The lowest BCUT2D eigenvalue weighted by Crippen LogP contribution is -2.36. The zero-order valence-corrected chi connectivity index (χ0v) is 20.4. The Morgan fingerprint density at radius 2 is 1.86 bits per heavy atom. The molecule has 0 bridgehead atoms. The van der Waals surface area contributed by atoms with Crippen LogP contribution in [0.1, 0.15) is 36.6 Å². The highest BCUT2D eigenvalue weighted by molar-refractivity contribution is 6.31. The smallest absolute Gasteiger partial charge is 0.258 e. The molecule has 1 atom stereocenters. The second kappa shape index (κ2) is 9.41. The predicted octanol–water partition coefficient (Wildman–Crippen LogP) is 5.22. The Morgan fingerprint density at radius 1 is 1.06 bits per heavy atom. The number of hydrogen-bond acceptors (Lipinski definition) is 5. The van der Waals surface area contributed by atoms with E-state index in [1.807, 2.05) is 48.5 Å². The van der Waals surface area contributed by atoms with Gasteiger partial charge in [-0.25, -0.2) is 5.01 Å². The number of fused-ring (bicyclic) bond motifs is 1. The van der Waals surface area contributed by atoms with Crippen LogP contribution in [0.4, 0.5) is 0 Å². The maximum Gasteiger partial charge on any atom is 0.258 e. The quantitative estimate of drug-likeness (QED) is 0.407. The molecule has 6 rings (SSSR count). The number of rotatable bonds is 5. The van der Waals surface area contributed by atoms with Gasteiger partial charge in [0, 0.05) is 27.9 Å². The Bertz CT molecular complexity index is 1510. The van der Waals surface area contributed by atoms with E-state index in [4.69, 9.17) is 21.1 Å². The number of benzene rings is 2.